The van der Waals surface area contributed by atoms with Crippen LogP contribution >= 0.6 is 22.7 Å². The number of carboxylic acids is 1. The first-order valence-corrected chi connectivity index (χ1v) is 7.52. The number of aliphatic carboxylic acids is 1. The van der Waals surface area contributed by atoms with Gasteiger partial charge in [-0.05, 0) is 13.0 Å². The normalized spacial score (nSPS) is 12.4. The first-order valence-electron chi connectivity index (χ1n) is 5.89. The van der Waals surface area contributed by atoms with Crippen LogP contribution in [0.5, 0.6) is 0 Å². The molecule has 0 spiro atoms. The van der Waals surface area contributed by atoms with Crippen molar-refractivity contribution < 1.29 is 14.7 Å². The van der Waals surface area contributed by atoms with E-state index in [0.717, 1.165) is 14.7 Å². The molecule has 1 amide bonds. The summed E-state index contributed by atoms with van der Waals surface area (Å²) in [6, 6.07) is 0.922. The summed E-state index contributed by atoms with van der Waals surface area (Å²) in [5.41, 5.74) is 0. The molecular formula is C12H15N3O3S2. The first kappa shape index (κ1) is 14.7. The fourth-order valence-electron chi connectivity index (χ4n) is 1.54. The number of carbonyl (C=O) groups excluding carboxylic acids is 1. The largest absolute Gasteiger partial charge is 0.480 e. The molecule has 0 bridgehead atoms. The highest BCUT2D eigenvalue weighted by Gasteiger charge is 2.24. The Bertz CT molecular complexity index is 630. The number of hydrogen-bond donors (Lipinski definition) is 1. The molecule has 8 heteroatoms. The molecule has 1 N–H and O–H groups in total. The van der Waals surface area contributed by atoms with Crippen LogP contribution in [0.3, 0.4) is 0 Å². The number of carbonyl (C=O) groups is 2. The van der Waals surface area contributed by atoms with Crippen molar-refractivity contribution in [2.45, 2.75) is 13.0 Å². The average Bonchev–Trinajstić information content (AvgIpc) is 2.93. The number of fused-ring (bicyclic) bond motifs is 1. The quantitative estimate of drug-likeness (QED) is 0.934. The van der Waals surface area contributed by atoms with Gasteiger partial charge in [-0.2, -0.15) is 0 Å². The minimum absolute atomic E-state index is 0.290. The van der Waals surface area contributed by atoms with Gasteiger partial charge in [0.25, 0.3) is 5.91 Å². The van der Waals surface area contributed by atoms with E-state index in [4.69, 9.17) is 5.11 Å². The summed E-state index contributed by atoms with van der Waals surface area (Å²) in [5.74, 6) is -1.31. The van der Waals surface area contributed by atoms with Crippen LogP contribution in [0.1, 0.15) is 16.6 Å². The number of amides is 1. The lowest BCUT2D eigenvalue weighted by Gasteiger charge is -2.20. The number of aromatic nitrogens is 1. The molecule has 2 aromatic rings. The summed E-state index contributed by atoms with van der Waals surface area (Å²) in [7, 11) is 5.32. The summed E-state index contributed by atoms with van der Waals surface area (Å²) < 4.78 is 0.943. The fourth-order valence-corrected chi connectivity index (χ4v) is 3.65. The molecule has 2 aromatic heterocycles. The van der Waals surface area contributed by atoms with Gasteiger partial charge in [0.1, 0.15) is 10.9 Å². The molecule has 0 aliphatic carbocycles. The van der Waals surface area contributed by atoms with Gasteiger partial charge in [-0.25, -0.2) is 9.78 Å². The van der Waals surface area contributed by atoms with E-state index in [0.29, 0.717) is 4.88 Å². The molecule has 0 fully saturated rings. The number of thiazole rings is 1. The Kier molecular flexibility index (Phi) is 3.96. The molecule has 0 saturated carbocycles. The van der Waals surface area contributed by atoms with Gasteiger partial charge in [0.05, 0.1) is 9.58 Å². The van der Waals surface area contributed by atoms with E-state index in [-0.39, 0.29) is 5.91 Å². The van der Waals surface area contributed by atoms with Crippen molar-refractivity contribution in [3.8, 4) is 0 Å². The zero-order valence-corrected chi connectivity index (χ0v) is 13.2. The Morgan fingerprint density at radius 2 is 1.95 bits per heavy atom. The number of carboxylic acid groups (broad SMARTS) is 1. The van der Waals surface area contributed by atoms with E-state index < -0.39 is 12.0 Å². The Labute approximate surface area is 124 Å². The number of rotatable bonds is 4. The van der Waals surface area contributed by atoms with Crippen molar-refractivity contribution in [3.63, 3.8) is 0 Å². The lowest BCUT2D eigenvalue weighted by atomic mass is 10.3. The third kappa shape index (κ3) is 2.61. The van der Waals surface area contributed by atoms with E-state index in [1.807, 2.05) is 19.0 Å². The third-order valence-corrected chi connectivity index (χ3v) is 5.25. The van der Waals surface area contributed by atoms with E-state index in [9.17, 15) is 9.59 Å². The topological polar surface area (TPSA) is 73.7 Å². The van der Waals surface area contributed by atoms with Gasteiger partial charge in [0.2, 0.25) is 0 Å². The molecule has 2 heterocycles. The summed E-state index contributed by atoms with van der Waals surface area (Å²) in [5, 5.41) is 9.83. The molecule has 2 rings (SSSR count). The van der Waals surface area contributed by atoms with Crippen molar-refractivity contribution in [3.05, 3.63) is 10.9 Å². The number of likely N-dealkylation sites (N-methyl/N-ethyl adjacent to an activating group) is 1. The molecule has 0 aliphatic heterocycles. The van der Waals surface area contributed by atoms with E-state index >= 15 is 0 Å². The molecule has 0 saturated heterocycles. The Morgan fingerprint density at radius 3 is 2.45 bits per heavy atom. The smallest absolute Gasteiger partial charge is 0.326 e. The van der Waals surface area contributed by atoms with Gasteiger partial charge in [-0.15, -0.1) is 11.3 Å². The molecule has 0 aromatic carbocycles. The standard InChI is InChI=1S/C12H15N3O3S2/c1-6(11(17)18)15(4)10(16)8-5-7-9(19-8)13-12(20-7)14(2)3/h5-6H,1-4H3,(H,17,18). The van der Waals surface area contributed by atoms with Gasteiger partial charge < -0.3 is 14.9 Å². The van der Waals surface area contributed by atoms with E-state index in [2.05, 4.69) is 4.98 Å². The monoisotopic (exact) mass is 313 g/mol. The molecule has 108 valence electrons. The van der Waals surface area contributed by atoms with Crippen molar-refractivity contribution in [1.29, 1.82) is 0 Å². The van der Waals surface area contributed by atoms with Gasteiger partial charge >= 0.3 is 5.97 Å². The molecule has 1 atom stereocenters. The van der Waals surface area contributed by atoms with Crippen LogP contribution in [0.4, 0.5) is 5.13 Å². The summed E-state index contributed by atoms with van der Waals surface area (Å²) in [6.07, 6.45) is 0. The Morgan fingerprint density at radius 1 is 1.30 bits per heavy atom. The minimum atomic E-state index is -1.02. The highest BCUT2D eigenvalue weighted by atomic mass is 32.1. The average molecular weight is 313 g/mol. The maximum atomic E-state index is 12.2. The van der Waals surface area contributed by atoms with Crippen LogP contribution in [0.2, 0.25) is 0 Å². The maximum absolute atomic E-state index is 12.2. The van der Waals surface area contributed by atoms with E-state index in [1.54, 1.807) is 6.07 Å². The maximum Gasteiger partial charge on any atom is 0.326 e. The van der Waals surface area contributed by atoms with Crippen LogP contribution < -0.4 is 4.90 Å². The predicted octanol–water partition coefficient (Wildman–Crippen LogP) is 1.97. The number of nitrogens with zero attached hydrogens (tertiary/aromatic N) is 3. The second-order valence-electron chi connectivity index (χ2n) is 4.60. The first-order chi connectivity index (χ1) is 9.31. The second-order valence-corrected chi connectivity index (χ2v) is 6.64. The highest BCUT2D eigenvalue weighted by molar-refractivity contribution is 7.29. The molecule has 0 aliphatic rings. The van der Waals surface area contributed by atoms with Crippen LogP contribution in [0.15, 0.2) is 6.07 Å². The molecule has 0 radical (unpaired) electrons. The number of hydrogen-bond acceptors (Lipinski definition) is 6. The molecule has 1 unspecified atom stereocenters. The van der Waals surface area contributed by atoms with Gasteiger partial charge in [0.15, 0.2) is 5.13 Å². The third-order valence-electron chi connectivity index (χ3n) is 2.93. The summed E-state index contributed by atoms with van der Waals surface area (Å²) >= 11 is 2.80. The lowest BCUT2D eigenvalue weighted by Crippen LogP contribution is -2.39. The zero-order chi connectivity index (χ0) is 15.0. The van der Waals surface area contributed by atoms with Gasteiger partial charge in [-0.1, -0.05) is 11.3 Å². The number of thiophene rings is 1. The van der Waals surface area contributed by atoms with Gasteiger partial charge in [-0.3, -0.25) is 4.79 Å². The fraction of sp³-hybridized carbons (Fsp3) is 0.417. The van der Waals surface area contributed by atoms with E-state index in [1.165, 1.54) is 41.5 Å². The van der Waals surface area contributed by atoms with Crippen LogP contribution in [0, 0.1) is 0 Å². The second kappa shape index (κ2) is 5.37. The van der Waals surface area contributed by atoms with Crippen LogP contribution in [-0.2, 0) is 4.79 Å². The van der Waals surface area contributed by atoms with Crippen molar-refractivity contribution in [2.75, 3.05) is 26.0 Å². The Balaban J connectivity index is 2.27. The summed E-state index contributed by atoms with van der Waals surface area (Å²) in [6.45, 7) is 1.48. The summed E-state index contributed by atoms with van der Waals surface area (Å²) in [4.78, 5) is 32.0. The van der Waals surface area contributed by atoms with Crippen molar-refractivity contribution >= 4 is 49.2 Å². The van der Waals surface area contributed by atoms with Crippen LogP contribution in [-0.4, -0.2) is 54.1 Å². The van der Waals surface area contributed by atoms with Crippen molar-refractivity contribution in [2.24, 2.45) is 0 Å². The zero-order valence-electron chi connectivity index (χ0n) is 11.6. The SMILES string of the molecule is CC(C(=O)O)N(C)C(=O)c1cc2sc(N(C)C)nc2s1. The molecule has 20 heavy (non-hydrogen) atoms. The van der Waals surface area contributed by atoms with Gasteiger partial charge in [0, 0.05) is 21.1 Å². The minimum Gasteiger partial charge on any atom is -0.480 e. The molecule has 6 nitrogen and oxygen atoms in total. The van der Waals surface area contributed by atoms with Crippen LogP contribution in [0.25, 0.3) is 9.53 Å². The predicted molar refractivity (Wildman–Crippen MR) is 81.0 cm³/mol. The lowest BCUT2D eigenvalue weighted by molar-refractivity contribution is -0.141. The van der Waals surface area contributed by atoms with Crippen molar-refractivity contribution in [1.82, 2.24) is 9.88 Å². The molecular weight excluding hydrogens is 298 g/mol. The highest BCUT2D eigenvalue weighted by Crippen LogP contribution is 2.34. The Hall–Kier alpha value is -1.67. The number of anilines is 1.